The zero-order chi connectivity index (χ0) is 24.6. The van der Waals surface area contributed by atoms with Gasteiger partial charge in [-0.15, -0.1) is 11.3 Å². The quantitative estimate of drug-likeness (QED) is 0.501. The van der Waals surface area contributed by atoms with E-state index in [1.807, 2.05) is 6.07 Å². The summed E-state index contributed by atoms with van der Waals surface area (Å²) in [6.07, 6.45) is 0.0930. The first-order valence-electron chi connectivity index (χ1n) is 11.0. The van der Waals surface area contributed by atoms with Crippen LogP contribution in [0.5, 0.6) is 0 Å². The second kappa shape index (κ2) is 9.31. The largest absolute Gasteiger partial charge is 0.390 e. The monoisotopic (exact) mass is 508 g/mol. The molecule has 1 fully saturated rings. The van der Waals surface area contributed by atoms with Crippen LogP contribution in [0.25, 0.3) is 10.2 Å². The number of aliphatic hydroxyl groups is 1. The summed E-state index contributed by atoms with van der Waals surface area (Å²) in [5.74, 6) is -3.27. The van der Waals surface area contributed by atoms with Gasteiger partial charge >= 0.3 is 0 Å². The van der Waals surface area contributed by atoms with E-state index in [2.05, 4.69) is 4.98 Å². The van der Waals surface area contributed by atoms with Gasteiger partial charge in [0.1, 0.15) is 0 Å². The first-order valence-corrected chi connectivity index (χ1v) is 13.5. The van der Waals surface area contributed by atoms with Crippen molar-refractivity contribution in [3.8, 4) is 0 Å². The van der Waals surface area contributed by atoms with Crippen molar-refractivity contribution in [2.75, 3.05) is 13.1 Å². The summed E-state index contributed by atoms with van der Waals surface area (Å²) >= 11 is 1.38. The van der Waals surface area contributed by atoms with Gasteiger partial charge in [0, 0.05) is 25.1 Å². The molecule has 1 N–H and O–H groups in total. The van der Waals surface area contributed by atoms with E-state index < -0.39 is 27.8 Å². The number of nitrogens with zero attached hydrogens (tertiary/aromatic N) is 2. The van der Waals surface area contributed by atoms with Gasteiger partial charge in [0.15, 0.2) is 9.84 Å². The number of halogens is 2. The van der Waals surface area contributed by atoms with Gasteiger partial charge in [-0.05, 0) is 56.0 Å². The lowest BCUT2D eigenvalue weighted by Crippen LogP contribution is -2.47. The second-order valence-electron chi connectivity index (χ2n) is 9.00. The highest BCUT2D eigenvalue weighted by Gasteiger charge is 2.36. The maximum Gasteiger partial charge on any atom is 0.253 e. The fourth-order valence-electron chi connectivity index (χ4n) is 4.16. The number of carbonyl (C=O) groups is 1. The third-order valence-electron chi connectivity index (χ3n) is 6.23. The van der Waals surface area contributed by atoms with E-state index in [1.54, 1.807) is 46.8 Å². The maximum atomic E-state index is 13.1. The lowest BCUT2D eigenvalue weighted by atomic mass is 9.86. The van der Waals surface area contributed by atoms with Gasteiger partial charge < -0.3 is 10.0 Å². The predicted molar refractivity (Wildman–Crippen MR) is 127 cm³/mol. The minimum absolute atomic E-state index is 0.00365. The number of thiazole rings is 1. The summed E-state index contributed by atoms with van der Waals surface area (Å²) in [5, 5.41) is 10.6. The number of likely N-dealkylation sites (tertiary alicyclic amines) is 1. The van der Waals surface area contributed by atoms with Gasteiger partial charge in [-0.3, -0.25) is 4.79 Å². The fourth-order valence-corrected chi connectivity index (χ4v) is 6.46. The molecular formula is C24H26F2N2O4S2. The first-order chi connectivity index (χ1) is 16.0. The normalized spacial score (nSPS) is 16.6. The Bertz CT molecular complexity index is 1280. The number of sulfone groups is 1. The van der Waals surface area contributed by atoms with E-state index in [0.29, 0.717) is 16.6 Å². The van der Waals surface area contributed by atoms with Crippen molar-refractivity contribution in [3.05, 3.63) is 59.1 Å². The number of benzene rings is 2. The molecule has 2 aromatic carbocycles. The van der Waals surface area contributed by atoms with Crippen molar-refractivity contribution in [1.82, 2.24) is 9.88 Å². The molecule has 0 radical (unpaired) electrons. The molecule has 1 saturated heterocycles. The van der Waals surface area contributed by atoms with E-state index in [4.69, 9.17) is 0 Å². The van der Waals surface area contributed by atoms with Crippen molar-refractivity contribution >= 4 is 37.3 Å². The molecule has 2 heterocycles. The minimum Gasteiger partial charge on any atom is -0.390 e. The lowest BCUT2D eigenvalue weighted by Gasteiger charge is -2.38. The highest BCUT2D eigenvalue weighted by atomic mass is 32.2. The van der Waals surface area contributed by atoms with E-state index in [-0.39, 0.29) is 48.9 Å². The molecule has 1 amide bonds. The molecule has 0 aliphatic carbocycles. The highest BCUT2D eigenvalue weighted by molar-refractivity contribution is 7.90. The molecule has 1 aliphatic heterocycles. The standard InChI is InChI=1S/C24H26F2N2O4S2/c1-23(25,26)9-10-24(30)11-13-28(14-12-24)22(29)18-7-5-17(6-8-18)15-34(31,32)20-4-2-3-19-21(20)27-16-33-19/h2-8,16,30H,9-15H2,1H3. The van der Waals surface area contributed by atoms with Crippen molar-refractivity contribution in [1.29, 1.82) is 0 Å². The molecule has 0 bridgehead atoms. The zero-order valence-electron chi connectivity index (χ0n) is 18.7. The van der Waals surface area contributed by atoms with Crippen molar-refractivity contribution in [2.45, 2.75) is 54.8 Å². The number of alkyl halides is 2. The molecule has 6 nitrogen and oxygen atoms in total. The molecule has 10 heteroatoms. The van der Waals surface area contributed by atoms with Crippen LogP contribution in [0, 0.1) is 0 Å². The summed E-state index contributed by atoms with van der Waals surface area (Å²) in [5.41, 5.74) is 1.86. The summed E-state index contributed by atoms with van der Waals surface area (Å²) in [6, 6.07) is 11.5. The Morgan fingerprint density at radius 1 is 1.18 bits per heavy atom. The topological polar surface area (TPSA) is 87.6 Å². The van der Waals surface area contributed by atoms with Crippen LogP contribution in [0.4, 0.5) is 8.78 Å². The van der Waals surface area contributed by atoms with Crippen molar-refractivity contribution < 1.29 is 27.1 Å². The lowest BCUT2D eigenvalue weighted by molar-refractivity contribution is -0.0570. The molecule has 0 atom stereocenters. The van der Waals surface area contributed by atoms with Gasteiger partial charge in [-0.2, -0.15) is 0 Å². The molecule has 0 unspecified atom stereocenters. The average molecular weight is 509 g/mol. The molecule has 0 spiro atoms. The molecule has 0 saturated carbocycles. The molecule has 1 aromatic heterocycles. The van der Waals surface area contributed by atoms with Crippen molar-refractivity contribution in [2.24, 2.45) is 0 Å². The predicted octanol–water partition coefficient (Wildman–Crippen LogP) is 4.67. The Labute approximate surface area is 201 Å². The van der Waals surface area contributed by atoms with Crippen LogP contribution in [0.1, 0.15) is 48.5 Å². The average Bonchev–Trinajstić information content (AvgIpc) is 3.27. The Hall–Kier alpha value is -2.43. The van der Waals surface area contributed by atoms with Crippen LogP contribution in [0.15, 0.2) is 52.9 Å². The molecule has 1 aliphatic rings. The number of piperidine rings is 1. The van der Waals surface area contributed by atoms with Gasteiger partial charge in [0.05, 0.1) is 32.0 Å². The van der Waals surface area contributed by atoms with E-state index in [0.717, 1.165) is 11.6 Å². The zero-order valence-corrected chi connectivity index (χ0v) is 20.3. The summed E-state index contributed by atoms with van der Waals surface area (Å²) < 4.78 is 53.0. The number of hydrogen-bond acceptors (Lipinski definition) is 6. The smallest absolute Gasteiger partial charge is 0.253 e. The van der Waals surface area contributed by atoms with Crippen LogP contribution in [0.3, 0.4) is 0 Å². The Morgan fingerprint density at radius 2 is 1.85 bits per heavy atom. The Kier molecular flexibility index (Phi) is 6.76. The van der Waals surface area contributed by atoms with Crippen LogP contribution in [-0.2, 0) is 15.6 Å². The molecule has 3 aromatic rings. The second-order valence-corrected chi connectivity index (χ2v) is 11.8. The number of amides is 1. The number of aromatic nitrogens is 1. The van der Waals surface area contributed by atoms with Gasteiger partial charge in [0.25, 0.3) is 5.91 Å². The first kappa shape index (κ1) is 24.7. The number of rotatable bonds is 7. The molecular weight excluding hydrogens is 482 g/mol. The van der Waals surface area contributed by atoms with E-state index >= 15 is 0 Å². The van der Waals surface area contributed by atoms with Crippen LogP contribution < -0.4 is 0 Å². The Balaban J connectivity index is 1.39. The van der Waals surface area contributed by atoms with Crippen LogP contribution in [0.2, 0.25) is 0 Å². The number of hydrogen-bond donors (Lipinski definition) is 1. The van der Waals surface area contributed by atoms with Crippen LogP contribution in [-0.4, -0.2) is 53.9 Å². The van der Waals surface area contributed by atoms with Gasteiger partial charge in [-0.25, -0.2) is 22.2 Å². The minimum atomic E-state index is -3.62. The number of para-hydroxylation sites is 1. The third-order valence-corrected chi connectivity index (χ3v) is 8.73. The number of carbonyl (C=O) groups excluding carboxylic acids is 1. The van der Waals surface area contributed by atoms with Crippen LogP contribution >= 0.6 is 11.3 Å². The SMILES string of the molecule is CC(F)(F)CCC1(O)CCN(C(=O)c2ccc(CS(=O)(=O)c3cccc4scnc34)cc2)CC1. The van der Waals surface area contributed by atoms with Crippen molar-refractivity contribution in [3.63, 3.8) is 0 Å². The Morgan fingerprint density at radius 3 is 2.50 bits per heavy atom. The molecule has 182 valence electrons. The van der Waals surface area contributed by atoms with Gasteiger partial charge in [-0.1, -0.05) is 18.2 Å². The summed E-state index contributed by atoms with van der Waals surface area (Å²) in [7, 11) is -3.62. The van der Waals surface area contributed by atoms with Gasteiger partial charge in [0.2, 0.25) is 5.92 Å². The fraction of sp³-hybridized carbons (Fsp3) is 0.417. The molecule has 4 rings (SSSR count). The molecule has 34 heavy (non-hydrogen) atoms. The summed E-state index contributed by atoms with van der Waals surface area (Å²) in [4.78, 5) is 18.8. The highest BCUT2D eigenvalue weighted by Crippen LogP contribution is 2.32. The maximum absolute atomic E-state index is 13.1. The van der Waals surface area contributed by atoms with E-state index in [9.17, 15) is 27.1 Å². The summed E-state index contributed by atoms with van der Waals surface area (Å²) in [6.45, 7) is 1.39. The van der Waals surface area contributed by atoms with E-state index in [1.165, 1.54) is 11.3 Å². The number of fused-ring (bicyclic) bond motifs is 1. The third kappa shape index (κ3) is 5.61.